The second-order valence-electron chi connectivity index (χ2n) is 8.81. The molecule has 39 heavy (non-hydrogen) atoms. The van der Waals surface area contributed by atoms with Gasteiger partial charge in [-0.2, -0.15) is 4.39 Å². The first-order chi connectivity index (χ1) is 18.7. The Balaban J connectivity index is 1.54. The van der Waals surface area contributed by atoms with E-state index < -0.39 is 5.91 Å². The van der Waals surface area contributed by atoms with Crippen LogP contribution in [0.5, 0.6) is 11.5 Å². The third kappa shape index (κ3) is 6.73. The van der Waals surface area contributed by atoms with Crippen molar-refractivity contribution in [2.24, 2.45) is 0 Å². The van der Waals surface area contributed by atoms with E-state index in [1.807, 2.05) is 13.8 Å². The van der Waals surface area contributed by atoms with Gasteiger partial charge in [0.2, 0.25) is 11.8 Å². The van der Waals surface area contributed by atoms with E-state index in [-0.39, 0.29) is 35.9 Å². The number of nitrogens with one attached hydrogen (secondary N) is 2. The van der Waals surface area contributed by atoms with Crippen LogP contribution in [0.25, 0.3) is 22.0 Å². The number of aromatic nitrogens is 3. The monoisotopic (exact) mass is 571 g/mol. The van der Waals surface area contributed by atoms with Gasteiger partial charge in [-0.1, -0.05) is 17.7 Å². The Hall–Kier alpha value is -3.96. The van der Waals surface area contributed by atoms with Gasteiger partial charge in [0.15, 0.2) is 28.3 Å². The Labute approximate surface area is 234 Å². The molecule has 0 unspecified atom stereocenters. The van der Waals surface area contributed by atoms with Crippen LogP contribution in [0.2, 0.25) is 5.15 Å². The number of halogens is 2. The average Bonchev–Trinajstić information content (AvgIpc) is 3.53. The minimum atomic E-state index is -0.442. The fraction of sp³-hybridized carbons (Fsp3) is 0.259. The lowest BCUT2D eigenvalue weighted by molar-refractivity contribution is -0.135. The molecule has 3 aromatic heterocycles. The summed E-state index contributed by atoms with van der Waals surface area (Å²) in [6.07, 6.45) is 1.61. The van der Waals surface area contributed by atoms with Crippen molar-refractivity contribution in [3.63, 3.8) is 0 Å². The van der Waals surface area contributed by atoms with Crippen LogP contribution in [-0.2, 0) is 16.0 Å². The summed E-state index contributed by atoms with van der Waals surface area (Å²) in [5.41, 5.74) is 1.82. The van der Waals surface area contributed by atoms with Gasteiger partial charge in [-0.15, -0.1) is 11.3 Å². The van der Waals surface area contributed by atoms with Crippen LogP contribution in [0.3, 0.4) is 0 Å². The molecule has 4 rings (SSSR count). The van der Waals surface area contributed by atoms with Gasteiger partial charge in [-0.05, 0) is 55.8 Å². The number of nitrogens with zero attached hydrogens (tertiary/aromatic N) is 3. The van der Waals surface area contributed by atoms with Crippen molar-refractivity contribution < 1.29 is 23.5 Å². The van der Waals surface area contributed by atoms with E-state index in [0.717, 1.165) is 16.9 Å². The first kappa shape index (κ1) is 28.1. The van der Waals surface area contributed by atoms with E-state index in [4.69, 9.17) is 21.1 Å². The molecule has 12 heteroatoms. The molecule has 0 aliphatic heterocycles. The number of aromatic amines is 1. The van der Waals surface area contributed by atoms with E-state index in [1.54, 1.807) is 36.4 Å². The number of carbonyl (C=O) groups is 2. The molecular formula is C27H27ClFN5O4S. The second-order valence-corrected chi connectivity index (χ2v) is 10.2. The predicted octanol–water partition coefficient (Wildman–Crippen LogP) is 5.43. The third-order valence-corrected chi connectivity index (χ3v) is 6.95. The Kier molecular flexibility index (Phi) is 8.82. The van der Waals surface area contributed by atoms with Crippen LogP contribution in [-0.4, -0.2) is 58.5 Å². The van der Waals surface area contributed by atoms with Crippen LogP contribution >= 0.6 is 22.9 Å². The predicted molar refractivity (Wildman–Crippen MR) is 149 cm³/mol. The lowest BCUT2D eigenvalue weighted by atomic mass is 10.1. The fourth-order valence-corrected chi connectivity index (χ4v) is 4.69. The summed E-state index contributed by atoms with van der Waals surface area (Å²) in [5.74, 6) is 1.01. The molecule has 0 atom stereocenters. The Morgan fingerprint density at radius 1 is 1.13 bits per heavy atom. The van der Waals surface area contributed by atoms with Crippen LogP contribution < -0.4 is 14.8 Å². The number of imidazole rings is 1. The average molecular weight is 572 g/mol. The summed E-state index contributed by atoms with van der Waals surface area (Å²) in [4.78, 5) is 40.1. The molecule has 0 radical (unpaired) electrons. The molecule has 3 heterocycles. The zero-order valence-corrected chi connectivity index (χ0v) is 23.3. The van der Waals surface area contributed by atoms with Crippen molar-refractivity contribution in [2.45, 2.75) is 26.3 Å². The molecule has 0 saturated heterocycles. The van der Waals surface area contributed by atoms with Crippen LogP contribution in [0.15, 0.2) is 48.7 Å². The summed E-state index contributed by atoms with van der Waals surface area (Å²) in [6, 6.07) is 11.3. The quantitative estimate of drug-likeness (QED) is 0.246. The van der Waals surface area contributed by atoms with Gasteiger partial charge >= 0.3 is 0 Å². The van der Waals surface area contributed by atoms with Crippen LogP contribution in [0.1, 0.15) is 19.4 Å². The van der Waals surface area contributed by atoms with E-state index in [0.29, 0.717) is 38.6 Å². The zero-order chi connectivity index (χ0) is 28.1. The van der Waals surface area contributed by atoms with E-state index in [2.05, 4.69) is 20.3 Å². The van der Waals surface area contributed by atoms with Crippen molar-refractivity contribution in [3.8, 4) is 33.5 Å². The number of H-pyrrole nitrogens is 1. The number of hydrogen-bond acceptors (Lipinski definition) is 7. The van der Waals surface area contributed by atoms with E-state index in [1.165, 1.54) is 31.4 Å². The molecule has 0 spiro atoms. The van der Waals surface area contributed by atoms with Crippen LogP contribution in [0, 0.1) is 5.13 Å². The number of anilines is 1. The lowest BCUT2D eigenvalue weighted by Gasteiger charge is -2.26. The highest BCUT2D eigenvalue weighted by atomic mass is 35.5. The number of amides is 2. The molecule has 2 N–H and O–H groups in total. The van der Waals surface area contributed by atoms with Crippen molar-refractivity contribution >= 4 is 40.6 Å². The highest BCUT2D eigenvalue weighted by Crippen LogP contribution is 2.33. The number of methoxy groups -OCH3 is 2. The maximum Gasteiger partial charge on any atom is 0.245 e. The van der Waals surface area contributed by atoms with Gasteiger partial charge < -0.3 is 24.7 Å². The Morgan fingerprint density at radius 2 is 1.90 bits per heavy atom. The summed E-state index contributed by atoms with van der Waals surface area (Å²) in [6.45, 7) is 3.48. The second kappa shape index (κ2) is 12.3. The highest BCUT2D eigenvalue weighted by Gasteiger charge is 2.23. The number of ether oxygens (including phenoxy) is 2. The van der Waals surface area contributed by atoms with Crippen molar-refractivity contribution in [3.05, 3.63) is 64.5 Å². The van der Waals surface area contributed by atoms with Crippen LogP contribution in [0.4, 0.5) is 10.2 Å². The van der Waals surface area contributed by atoms with Gasteiger partial charge in [0.25, 0.3) is 0 Å². The van der Waals surface area contributed by atoms with Crippen molar-refractivity contribution in [2.75, 3.05) is 26.1 Å². The van der Waals surface area contributed by atoms with Gasteiger partial charge in [-0.3, -0.25) is 9.59 Å². The largest absolute Gasteiger partial charge is 0.493 e. The minimum absolute atomic E-state index is 0.0734. The molecular weight excluding hydrogens is 545 g/mol. The third-order valence-electron chi connectivity index (χ3n) is 5.85. The van der Waals surface area contributed by atoms with Gasteiger partial charge in [-0.25, -0.2) is 9.97 Å². The number of hydrogen-bond donors (Lipinski definition) is 2. The van der Waals surface area contributed by atoms with Crippen molar-refractivity contribution in [1.29, 1.82) is 0 Å². The van der Waals surface area contributed by atoms with Gasteiger partial charge in [0.1, 0.15) is 11.7 Å². The molecule has 204 valence electrons. The summed E-state index contributed by atoms with van der Waals surface area (Å²) in [7, 11) is 3.07. The molecule has 0 aliphatic rings. The maximum atomic E-state index is 13.7. The minimum Gasteiger partial charge on any atom is -0.493 e. The molecule has 0 fully saturated rings. The number of benzene rings is 1. The first-order valence-corrected chi connectivity index (χ1v) is 13.2. The zero-order valence-electron chi connectivity index (χ0n) is 21.7. The topological polar surface area (TPSA) is 109 Å². The van der Waals surface area contributed by atoms with Crippen molar-refractivity contribution in [1.82, 2.24) is 19.9 Å². The number of pyridine rings is 1. The van der Waals surface area contributed by atoms with Gasteiger partial charge in [0.05, 0.1) is 31.2 Å². The van der Waals surface area contributed by atoms with E-state index in [9.17, 15) is 14.0 Å². The standard InChI is InChI=1S/C27H27ClFN5O4S/c1-15(2)34(24(36)12-16-5-7-18(37-3)19(11-16)38-4)14-23(35)31-27-25(17-6-9-21(28)30-13-17)32-26(33-27)20-8-10-22(29)39-20/h5-11,13,15H,12,14H2,1-4H3,(H,31,35)(H,32,33). The fourth-order valence-electron chi connectivity index (χ4n) is 3.91. The molecule has 1 aromatic carbocycles. The number of carbonyl (C=O) groups excluding carboxylic acids is 2. The highest BCUT2D eigenvalue weighted by molar-refractivity contribution is 7.13. The smallest absolute Gasteiger partial charge is 0.245 e. The van der Waals surface area contributed by atoms with Gasteiger partial charge in [0, 0.05) is 17.8 Å². The van der Waals surface area contributed by atoms with E-state index >= 15 is 0 Å². The number of rotatable bonds is 10. The number of thiophene rings is 1. The molecule has 0 saturated carbocycles. The SMILES string of the molecule is COc1ccc(CC(=O)N(CC(=O)Nc2nc(-c3ccc(F)s3)[nH]c2-c2ccc(Cl)nc2)C(C)C)cc1OC. The molecule has 2 amide bonds. The normalized spacial score (nSPS) is 10.9. The molecule has 0 bridgehead atoms. The molecule has 9 nitrogen and oxygen atoms in total. The molecule has 4 aromatic rings. The first-order valence-electron chi connectivity index (χ1n) is 12.0. The summed E-state index contributed by atoms with van der Waals surface area (Å²) < 4.78 is 24.3. The summed E-state index contributed by atoms with van der Waals surface area (Å²) in [5, 5.41) is 2.75. The lowest BCUT2D eigenvalue weighted by Crippen LogP contribution is -2.43. The maximum absolute atomic E-state index is 13.7. The Bertz CT molecular complexity index is 1470. The molecule has 0 aliphatic carbocycles. The Morgan fingerprint density at radius 3 is 2.51 bits per heavy atom. The summed E-state index contributed by atoms with van der Waals surface area (Å²) >= 11 is 6.86.